The van der Waals surface area contributed by atoms with Crippen LogP contribution in [0.3, 0.4) is 0 Å². The van der Waals surface area contributed by atoms with Gasteiger partial charge in [-0.3, -0.25) is 19.9 Å². The number of ketones is 1. The molecule has 0 N–H and O–H groups in total. The molecule has 0 saturated carbocycles. The Labute approximate surface area is 408 Å². The molecule has 0 aliphatic carbocycles. The predicted octanol–water partition coefficient (Wildman–Crippen LogP) is 12.1. The van der Waals surface area contributed by atoms with Gasteiger partial charge in [0.15, 0.2) is 12.7 Å². The van der Waals surface area contributed by atoms with Gasteiger partial charge in [-0.25, -0.2) is 0 Å². The molecule has 1 heterocycles. The molecule has 5 aromatic carbocycles. The predicted molar refractivity (Wildman–Crippen MR) is 216 cm³/mol. The van der Waals surface area contributed by atoms with E-state index < -0.39 is 212 Å². The van der Waals surface area contributed by atoms with Crippen molar-refractivity contribution in [1.29, 1.82) is 0 Å². The van der Waals surface area contributed by atoms with Crippen LogP contribution in [0.15, 0.2) is 122 Å². The number of hydrogen-bond acceptors (Lipinski definition) is 4. The fraction of sp³-hybridized carbons (Fsp3) is 0.222. The average Bonchev–Trinajstić information content (AvgIpc) is 3.27. The molecule has 6 rings (SSSR count). The zero-order chi connectivity index (χ0) is 57.6. The largest absolute Gasteiger partial charge is 0.416 e. The molecule has 0 aliphatic heterocycles. The molecule has 0 atom stereocenters. The monoisotopic (exact) mass is 1120 g/mol. The summed E-state index contributed by atoms with van der Waals surface area (Å²) in [5.41, 5.74) is -29.0. The first-order valence-electron chi connectivity index (χ1n) is 20.3. The van der Waals surface area contributed by atoms with E-state index in [1.807, 2.05) is 30.3 Å². The highest BCUT2D eigenvalue weighted by Crippen LogP contribution is 2.41. The molecular weight excluding hydrogens is 1100 g/mol. The molecule has 31 heteroatoms. The van der Waals surface area contributed by atoms with Gasteiger partial charge < -0.3 is 0 Å². The van der Waals surface area contributed by atoms with Crippen molar-refractivity contribution in [3.05, 3.63) is 188 Å². The fourth-order valence-corrected chi connectivity index (χ4v) is 7.81. The van der Waals surface area contributed by atoms with Gasteiger partial charge >= 0.3 is 49.4 Å². The van der Waals surface area contributed by atoms with Crippen LogP contribution in [0.5, 0.6) is 0 Å². The van der Waals surface area contributed by atoms with Crippen LogP contribution < -0.4 is 26.4 Å². The van der Waals surface area contributed by atoms with Gasteiger partial charge in [0, 0.05) is 10.5 Å². The number of carbonyl (C=O) groups is 1. The summed E-state index contributed by atoms with van der Waals surface area (Å²) in [7, 11) is 0. The Morgan fingerprint density at radius 3 is 0.947 bits per heavy atom. The number of carbonyl (C=O) groups excluding carboxylic acids is 1. The molecule has 0 saturated heterocycles. The fourth-order valence-electron chi connectivity index (χ4n) is 7.81. The molecule has 0 amide bonds. The summed E-state index contributed by atoms with van der Waals surface area (Å²) in [4.78, 5) is 25.4. The van der Waals surface area contributed by atoms with Gasteiger partial charge in [0.25, 0.3) is 18.0 Å². The summed E-state index contributed by atoms with van der Waals surface area (Å²) < 4.78 is 342. The minimum atomic E-state index is -6.13. The topological polar surface area (TPSA) is 77.0 Å². The third kappa shape index (κ3) is 13.9. The van der Waals surface area contributed by atoms with Crippen molar-refractivity contribution in [3.8, 4) is 0 Å². The quantitative estimate of drug-likeness (QED) is 0.0361. The van der Waals surface area contributed by atoms with E-state index in [1.54, 1.807) is 17.0 Å². The van der Waals surface area contributed by atoms with Crippen LogP contribution in [-0.2, 0) is 56.0 Å². The zero-order valence-corrected chi connectivity index (χ0v) is 36.7. The maximum absolute atomic E-state index is 14.2. The van der Waals surface area contributed by atoms with Crippen LogP contribution in [0.4, 0.5) is 105 Å². The van der Waals surface area contributed by atoms with Crippen molar-refractivity contribution in [1.82, 2.24) is 4.98 Å². The van der Waals surface area contributed by atoms with Crippen molar-refractivity contribution in [3.63, 3.8) is 0 Å². The van der Waals surface area contributed by atoms with E-state index in [0.29, 0.717) is 6.54 Å². The lowest BCUT2D eigenvalue weighted by molar-refractivity contribution is -0.691. The number of Topliss-reactive ketones (excluding diaryl/α,β-unsaturated/α-hetero) is 1. The number of alkyl halides is 24. The number of benzene rings is 5. The lowest BCUT2D eigenvalue weighted by atomic mass is 9.12. The molecular formula is C45H24BF24N3O3. The summed E-state index contributed by atoms with van der Waals surface area (Å²) >= 11 is 0. The first-order valence-corrected chi connectivity index (χ1v) is 20.3. The normalized spacial score (nSPS) is 13.3. The molecule has 0 bridgehead atoms. The number of nitrogens with zero attached hydrogens (tertiary/aromatic N) is 3. The Hall–Kier alpha value is -7.37. The van der Waals surface area contributed by atoms with Crippen LogP contribution >= 0.6 is 0 Å². The summed E-state index contributed by atoms with van der Waals surface area (Å²) in [5.74, 6) is -0.547. The Bertz CT molecular complexity index is 2660. The minimum absolute atomic E-state index is 0.239. The van der Waals surface area contributed by atoms with Gasteiger partial charge in [-0.15, -0.1) is 0 Å². The summed E-state index contributed by atoms with van der Waals surface area (Å²) in [6, 6.07) is 0.740. The molecule has 6 aromatic rings. The molecule has 1 aromatic heterocycles. The zero-order valence-electron chi connectivity index (χ0n) is 36.7. The average molecular weight is 1120 g/mol. The number of aromatic nitrogens is 2. The van der Waals surface area contributed by atoms with Gasteiger partial charge in [-0.05, 0) is 24.3 Å². The molecule has 408 valence electrons. The summed E-state index contributed by atoms with van der Waals surface area (Å²) in [5, 5.41) is 10.4. The van der Waals surface area contributed by atoms with Crippen molar-refractivity contribution < 1.29 is 120 Å². The number of nitro groups is 1. The lowest BCUT2D eigenvalue weighted by Gasteiger charge is -2.46. The second-order valence-corrected chi connectivity index (χ2v) is 16.2. The standard InChI is InChI=1S/C32H12BF24.C13H12N3O3/c34-25(35,36)13-1-14(26(37,38)39)6-21(5-13)33(22-7-15(27(40,41)42)2-16(8-22)28(43,44)45,23-9-17(29(46,47)48)3-18(10-23)30(49,50)51)24-11-19(31(52,53)54)4-20(12-24)32(55,56)57;17-13(10-16(18)19)12-8-14-6-7-15(12)9-11-4-2-1-3-5-11/h1-12H;1-8H,9-10H2/q-1;+1. The second-order valence-electron chi connectivity index (χ2n) is 16.2. The lowest BCUT2D eigenvalue weighted by Crippen LogP contribution is -2.75. The van der Waals surface area contributed by atoms with Gasteiger partial charge in [0.1, 0.15) is 12.3 Å². The van der Waals surface area contributed by atoms with E-state index in [4.69, 9.17) is 0 Å². The van der Waals surface area contributed by atoms with Crippen LogP contribution in [0.2, 0.25) is 0 Å². The SMILES string of the molecule is FC(F)(F)c1cc([B-](c2cc(C(F)(F)F)cc(C(F)(F)F)c2)(c2cc(C(F)(F)F)cc(C(F)(F)F)c2)c2cc(C(F)(F)F)cc(C(F)(F)F)c2)cc(C(F)(F)F)c1.O=C(C[N+](=O)[O-])c1cncc[n+]1Cc1ccccc1. The van der Waals surface area contributed by atoms with Crippen LogP contribution in [0.25, 0.3) is 0 Å². The molecule has 0 spiro atoms. The molecule has 0 aliphatic rings. The Balaban J connectivity index is 0.000000468. The van der Waals surface area contributed by atoms with E-state index in [-0.39, 0.29) is 5.69 Å². The highest BCUT2D eigenvalue weighted by atomic mass is 19.4. The van der Waals surface area contributed by atoms with Crippen LogP contribution in [-0.4, -0.2) is 28.4 Å². The Morgan fingerprint density at radius 1 is 0.447 bits per heavy atom. The Kier molecular flexibility index (Phi) is 16.2. The second kappa shape index (κ2) is 20.6. The maximum Gasteiger partial charge on any atom is 0.416 e. The van der Waals surface area contributed by atoms with Gasteiger partial charge in [0.05, 0.1) is 50.7 Å². The molecule has 0 fully saturated rings. The third-order valence-corrected chi connectivity index (χ3v) is 11.0. The first kappa shape index (κ1) is 59.5. The van der Waals surface area contributed by atoms with Crippen molar-refractivity contribution in [2.45, 2.75) is 56.0 Å². The smallest absolute Gasteiger partial charge is 0.280 e. The van der Waals surface area contributed by atoms with Crippen molar-refractivity contribution in [2.75, 3.05) is 6.54 Å². The Morgan fingerprint density at radius 2 is 0.711 bits per heavy atom. The van der Waals surface area contributed by atoms with Gasteiger partial charge in [-0.2, -0.15) is 132 Å². The van der Waals surface area contributed by atoms with E-state index in [9.17, 15) is 120 Å². The first-order chi connectivity index (χ1) is 34.4. The van der Waals surface area contributed by atoms with Crippen LogP contribution in [0, 0.1) is 10.1 Å². The maximum atomic E-state index is 14.2. The molecule has 76 heavy (non-hydrogen) atoms. The molecule has 0 unspecified atom stereocenters. The van der Waals surface area contributed by atoms with E-state index >= 15 is 0 Å². The third-order valence-electron chi connectivity index (χ3n) is 11.0. The summed E-state index contributed by atoms with van der Waals surface area (Å²) in [6.45, 7) is -0.247. The van der Waals surface area contributed by atoms with Crippen molar-refractivity contribution in [2.24, 2.45) is 0 Å². The van der Waals surface area contributed by atoms with Gasteiger partial charge in [-0.1, -0.05) is 78.9 Å². The minimum Gasteiger partial charge on any atom is -0.280 e. The van der Waals surface area contributed by atoms with E-state index in [2.05, 4.69) is 4.98 Å². The highest BCUT2D eigenvalue weighted by molar-refractivity contribution is 7.20. The van der Waals surface area contributed by atoms with E-state index in [0.717, 1.165) is 5.56 Å². The number of halogens is 24. The van der Waals surface area contributed by atoms with Gasteiger partial charge in [0.2, 0.25) is 0 Å². The number of hydrogen-bond donors (Lipinski definition) is 0. The van der Waals surface area contributed by atoms with E-state index in [1.165, 1.54) is 6.20 Å². The summed E-state index contributed by atoms with van der Waals surface area (Å²) in [6.07, 6.45) is -50.3. The number of rotatable bonds is 9. The molecule has 6 nitrogen and oxygen atoms in total. The van der Waals surface area contributed by atoms with Crippen LogP contribution in [0.1, 0.15) is 60.6 Å². The van der Waals surface area contributed by atoms with Crippen molar-refractivity contribution >= 4 is 33.8 Å². The molecule has 0 radical (unpaired) electrons. The highest BCUT2D eigenvalue weighted by Gasteiger charge is 2.47.